The maximum atomic E-state index is 12.5. The van der Waals surface area contributed by atoms with Gasteiger partial charge in [-0.1, -0.05) is 26.0 Å². The molecule has 1 aliphatic heterocycles. The van der Waals surface area contributed by atoms with Crippen LogP contribution in [0.3, 0.4) is 0 Å². The SMILES string of the molecule is CC(C)c1ccc(OCC(=O)N2CCN(c3cc4c(nn3)CCC4)CC2)cc1. The Morgan fingerprint density at radius 1 is 1.07 bits per heavy atom. The third-order valence-corrected chi connectivity index (χ3v) is 5.67. The Hall–Kier alpha value is -2.63. The second kappa shape index (κ2) is 8.17. The van der Waals surface area contributed by atoms with E-state index in [0.29, 0.717) is 19.0 Å². The van der Waals surface area contributed by atoms with Gasteiger partial charge in [0.1, 0.15) is 5.75 Å². The molecule has 1 aromatic carbocycles. The van der Waals surface area contributed by atoms with Gasteiger partial charge in [-0.25, -0.2) is 0 Å². The number of piperazine rings is 1. The molecular weight excluding hydrogens is 352 g/mol. The van der Waals surface area contributed by atoms with Gasteiger partial charge in [0, 0.05) is 26.2 Å². The largest absolute Gasteiger partial charge is 0.484 e. The Labute approximate surface area is 166 Å². The summed E-state index contributed by atoms with van der Waals surface area (Å²) < 4.78 is 5.69. The molecule has 0 N–H and O–H groups in total. The van der Waals surface area contributed by atoms with E-state index < -0.39 is 0 Å². The number of benzene rings is 1. The summed E-state index contributed by atoms with van der Waals surface area (Å²) >= 11 is 0. The van der Waals surface area contributed by atoms with Crippen LogP contribution in [0.1, 0.15) is 43.0 Å². The summed E-state index contributed by atoms with van der Waals surface area (Å²) in [5, 5.41) is 8.76. The first kappa shape index (κ1) is 18.7. The van der Waals surface area contributed by atoms with Gasteiger partial charge in [-0.3, -0.25) is 4.79 Å². The molecule has 1 aliphatic carbocycles. The van der Waals surface area contributed by atoms with Crippen molar-refractivity contribution in [2.24, 2.45) is 0 Å². The van der Waals surface area contributed by atoms with Gasteiger partial charge >= 0.3 is 0 Å². The van der Waals surface area contributed by atoms with Crippen LogP contribution in [0.25, 0.3) is 0 Å². The van der Waals surface area contributed by atoms with Crippen molar-refractivity contribution in [1.29, 1.82) is 0 Å². The average Bonchev–Trinajstić information content (AvgIpc) is 3.20. The van der Waals surface area contributed by atoms with Crippen molar-refractivity contribution in [3.63, 3.8) is 0 Å². The molecule has 2 aliphatic rings. The van der Waals surface area contributed by atoms with Gasteiger partial charge in [-0.15, -0.1) is 5.10 Å². The van der Waals surface area contributed by atoms with Crippen LogP contribution in [-0.2, 0) is 17.6 Å². The molecule has 0 atom stereocenters. The predicted molar refractivity (Wildman–Crippen MR) is 109 cm³/mol. The highest BCUT2D eigenvalue weighted by molar-refractivity contribution is 5.78. The number of hydrogen-bond acceptors (Lipinski definition) is 5. The molecule has 1 amide bonds. The first-order valence-electron chi connectivity index (χ1n) is 10.2. The molecule has 6 nitrogen and oxygen atoms in total. The molecule has 6 heteroatoms. The van der Waals surface area contributed by atoms with Crippen LogP contribution in [0.2, 0.25) is 0 Å². The number of rotatable bonds is 5. The molecule has 2 aromatic rings. The highest BCUT2D eigenvalue weighted by atomic mass is 16.5. The molecule has 1 aromatic heterocycles. The fourth-order valence-electron chi connectivity index (χ4n) is 3.84. The number of hydrogen-bond donors (Lipinski definition) is 0. The minimum absolute atomic E-state index is 0.0348. The molecule has 2 heterocycles. The number of anilines is 1. The highest BCUT2D eigenvalue weighted by Gasteiger charge is 2.23. The highest BCUT2D eigenvalue weighted by Crippen LogP contribution is 2.23. The molecule has 0 bridgehead atoms. The summed E-state index contributed by atoms with van der Waals surface area (Å²) in [6.45, 7) is 7.34. The molecular formula is C22H28N4O2. The first-order valence-corrected chi connectivity index (χ1v) is 10.2. The summed E-state index contributed by atoms with van der Waals surface area (Å²) in [7, 11) is 0. The normalized spacial score (nSPS) is 16.4. The van der Waals surface area contributed by atoms with E-state index >= 15 is 0 Å². The second-order valence-electron chi connectivity index (χ2n) is 7.91. The third kappa shape index (κ3) is 4.11. The lowest BCUT2D eigenvalue weighted by molar-refractivity contribution is -0.133. The lowest BCUT2D eigenvalue weighted by atomic mass is 10.0. The van der Waals surface area contributed by atoms with Crippen LogP contribution in [-0.4, -0.2) is 53.8 Å². The van der Waals surface area contributed by atoms with E-state index in [1.807, 2.05) is 17.0 Å². The molecule has 0 spiro atoms. The number of fused-ring (bicyclic) bond motifs is 1. The quantitative estimate of drug-likeness (QED) is 0.798. The Morgan fingerprint density at radius 3 is 2.54 bits per heavy atom. The van der Waals surface area contributed by atoms with Crippen molar-refractivity contribution in [2.45, 2.75) is 39.0 Å². The fraction of sp³-hybridized carbons (Fsp3) is 0.500. The van der Waals surface area contributed by atoms with Crippen LogP contribution < -0.4 is 9.64 Å². The van der Waals surface area contributed by atoms with Crippen LogP contribution in [0.15, 0.2) is 30.3 Å². The van der Waals surface area contributed by atoms with E-state index in [2.05, 4.69) is 47.1 Å². The van der Waals surface area contributed by atoms with Gasteiger partial charge in [0.05, 0.1) is 5.69 Å². The Bertz CT molecular complexity index is 827. The van der Waals surface area contributed by atoms with Crippen LogP contribution in [0.4, 0.5) is 5.82 Å². The van der Waals surface area contributed by atoms with E-state index in [4.69, 9.17) is 4.74 Å². The number of carbonyl (C=O) groups is 1. The van der Waals surface area contributed by atoms with Crippen molar-refractivity contribution in [2.75, 3.05) is 37.7 Å². The summed E-state index contributed by atoms with van der Waals surface area (Å²) in [6, 6.07) is 10.2. The van der Waals surface area contributed by atoms with E-state index in [1.165, 1.54) is 17.5 Å². The smallest absolute Gasteiger partial charge is 0.260 e. The summed E-state index contributed by atoms with van der Waals surface area (Å²) in [5.41, 5.74) is 3.75. The van der Waals surface area contributed by atoms with Crippen molar-refractivity contribution in [3.8, 4) is 5.75 Å². The number of carbonyl (C=O) groups excluding carboxylic acids is 1. The monoisotopic (exact) mass is 380 g/mol. The molecule has 0 saturated carbocycles. The van der Waals surface area contributed by atoms with Crippen molar-refractivity contribution in [1.82, 2.24) is 15.1 Å². The molecule has 0 radical (unpaired) electrons. The van der Waals surface area contributed by atoms with Gasteiger partial charge < -0.3 is 14.5 Å². The van der Waals surface area contributed by atoms with Crippen LogP contribution in [0.5, 0.6) is 5.75 Å². The van der Waals surface area contributed by atoms with E-state index in [0.717, 1.165) is 43.2 Å². The zero-order valence-electron chi connectivity index (χ0n) is 16.7. The van der Waals surface area contributed by atoms with E-state index in [9.17, 15) is 4.79 Å². The minimum Gasteiger partial charge on any atom is -0.484 e. The second-order valence-corrected chi connectivity index (χ2v) is 7.91. The zero-order chi connectivity index (χ0) is 19.5. The summed E-state index contributed by atoms with van der Waals surface area (Å²) in [5.74, 6) is 2.20. The van der Waals surface area contributed by atoms with Gasteiger partial charge in [0.15, 0.2) is 12.4 Å². The lowest BCUT2D eigenvalue weighted by Gasteiger charge is -2.35. The van der Waals surface area contributed by atoms with E-state index in [-0.39, 0.29) is 12.5 Å². The lowest BCUT2D eigenvalue weighted by Crippen LogP contribution is -2.50. The number of nitrogens with zero attached hydrogens (tertiary/aromatic N) is 4. The van der Waals surface area contributed by atoms with Gasteiger partial charge in [0.2, 0.25) is 0 Å². The maximum absolute atomic E-state index is 12.5. The van der Waals surface area contributed by atoms with Gasteiger partial charge in [0.25, 0.3) is 5.91 Å². The summed E-state index contributed by atoms with van der Waals surface area (Å²) in [6.07, 6.45) is 3.33. The Balaban J connectivity index is 1.27. The third-order valence-electron chi connectivity index (χ3n) is 5.67. The standard InChI is InChI=1S/C22H28N4O2/c1-16(2)17-6-8-19(9-7-17)28-15-22(27)26-12-10-25(11-13-26)21-14-18-4-3-5-20(18)23-24-21/h6-9,14,16H,3-5,10-13,15H2,1-2H3. The van der Waals surface area contributed by atoms with Crippen LogP contribution >= 0.6 is 0 Å². The average molecular weight is 380 g/mol. The maximum Gasteiger partial charge on any atom is 0.260 e. The number of ether oxygens (including phenoxy) is 1. The number of aromatic nitrogens is 2. The molecule has 148 valence electrons. The van der Waals surface area contributed by atoms with Crippen LogP contribution in [0, 0.1) is 0 Å². The molecule has 0 unspecified atom stereocenters. The van der Waals surface area contributed by atoms with Crippen molar-refractivity contribution in [3.05, 3.63) is 47.2 Å². The minimum atomic E-state index is 0.0348. The van der Waals surface area contributed by atoms with Crippen molar-refractivity contribution >= 4 is 11.7 Å². The molecule has 28 heavy (non-hydrogen) atoms. The predicted octanol–water partition coefficient (Wildman–Crippen LogP) is 2.82. The number of aryl methyl sites for hydroxylation is 2. The molecule has 1 fully saturated rings. The Kier molecular flexibility index (Phi) is 5.46. The van der Waals surface area contributed by atoms with Crippen molar-refractivity contribution < 1.29 is 9.53 Å². The fourth-order valence-corrected chi connectivity index (χ4v) is 3.84. The number of amides is 1. The van der Waals surface area contributed by atoms with E-state index in [1.54, 1.807) is 0 Å². The topological polar surface area (TPSA) is 58.6 Å². The first-order chi connectivity index (χ1) is 13.6. The zero-order valence-corrected chi connectivity index (χ0v) is 16.7. The summed E-state index contributed by atoms with van der Waals surface area (Å²) in [4.78, 5) is 16.6. The van der Waals surface area contributed by atoms with Gasteiger partial charge in [-0.2, -0.15) is 5.10 Å². The molecule has 1 saturated heterocycles. The van der Waals surface area contributed by atoms with Gasteiger partial charge in [-0.05, 0) is 54.5 Å². The Morgan fingerprint density at radius 2 is 1.82 bits per heavy atom. The molecule has 4 rings (SSSR count).